The van der Waals surface area contributed by atoms with Crippen molar-refractivity contribution in [2.75, 3.05) is 6.61 Å². The molecule has 0 aliphatic heterocycles. The molecule has 0 saturated heterocycles. The van der Waals surface area contributed by atoms with Gasteiger partial charge >= 0.3 is 5.97 Å². The molecule has 2 aliphatic rings. The largest absolute Gasteiger partial charge is 0.463 e. The third-order valence-electron chi connectivity index (χ3n) is 6.03. The Kier molecular flexibility index (Phi) is 4.42. The van der Waals surface area contributed by atoms with Gasteiger partial charge in [-0.3, -0.25) is 0 Å². The van der Waals surface area contributed by atoms with E-state index in [9.17, 15) is 4.79 Å². The summed E-state index contributed by atoms with van der Waals surface area (Å²) in [5, 5.41) is 0.134. The smallest absolute Gasteiger partial charge is 0.336 e. The summed E-state index contributed by atoms with van der Waals surface area (Å²) in [5.41, 5.74) is 0.352. The van der Waals surface area contributed by atoms with Crippen molar-refractivity contribution in [3.05, 3.63) is 11.6 Å². The van der Waals surface area contributed by atoms with Crippen LogP contribution in [0.4, 0.5) is 0 Å². The molecule has 2 aliphatic carbocycles. The Balaban J connectivity index is 2.38. The summed E-state index contributed by atoms with van der Waals surface area (Å²) in [6, 6.07) is 0. The lowest BCUT2D eigenvalue weighted by molar-refractivity contribution is -0.147. The number of hydrogen-bond donors (Lipinski definition) is 0. The van der Waals surface area contributed by atoms with E-state index in [0.717, 1.165) is 24.8 Å². The molecule has 1 fully saturated rings. The average molecular weight is 325 g/mol. The maximum Gasteiger partial charge on any atom is 0.336 e. The van der Waals surface area contributed by atoms with Gasteiger partial charge in [0.1, 0.15) is 0 Å². The topological polar surface area (TPSA) is 35.5 Å². The van der Waals surface area contributed by atoms with Gasteiger partial charge < -0.3 is 9.16 Å². The first-order chi connectivity index (χ1) is 9.99. The second kappa shape index (κ2) is 5.48. The number of carbonyl (C=O) groups excluding carboxylic acids is 1. The van der Waals surface area contributed by atoms with Gasteiger partial charge in [-0.15, -0.1) is 0 Å². The molecule has 0 aromatic carbocycles. The lowest BCUT2D eigenvalue weighted by atomic mass is 9.53. The second-order valence-corrected chi connectivity index (χ2v) is 13.3. The predicted octanol–water partition coefficient (Wildman–Crippen LogP) is 4.83. The van der Waals surface area contributed by atoms with Crippen molar-refractivity contribution in [1.82, 2.24) is 0 Å². The Labute approximate surface area is 136 Å². The van der Waals surface area contributed by atoms with Crippen molar-refractivity contribution in [2.45, 2.75) is 84.0 Å². The van der Waals surface area contributed by atoms with Gasteiger partial charge in [-0.2, -0.15) is 0 Å². The Morgan fingerprint density at radius 1 is 1.27 bits per heavy atom. The van der Waals surface area contributed by atoms with E-state index in [0.29, 0.717) is 6.61 Å². The summed E-state index contributed by atoms with van der Waals surface area (Å²) in [7, 11) is -1.96. The van der Waals surface area contributed by atoms with E-state index in [-0.39, 0.29) is 16.4 Å². The number of rotatable bonds is 4. The van der Waals surface area contributed by atoms with E-state index in [2.05, 4.69) is 46.9 Å². The molecule has 0 aromatic heterocycles. The maximum absolute atomic E-state index is 12.4. The van der Waals surface area contributed by atoms with Crippen molar-refractivity contribution in [3.63, 3.8) is 0 Å². The summed E-state index contributed by atoms with van der Waals surface area (Å²) in [6.45, 7) is 15.8. The third kappa shape index (κ3) is 2.58. The average Bonchev–Trinajstić information content (AvgIpc) is 2.36. The Morgan fingerprint density at radius 2 is 1.86 bits per heavy atom. The molecule has 0 amide bonds. The SMILES string of the molecule is CCOC(=O)C1=C[C@]2(C)CCCC[C@@]12O[Si](C)(C)C(C)(C)C. The number of fused-ring (bicyclic) bond motifs is 1. The Bertz CT molecular complexity index is 489. The van der Waals surface area contributed by atoms with E-state index in [4.69, 9.17) is 9.16 Å². The fourth-order valence-electron chi connectivity index (χ4n) is 3.59. The molecule has 0 bridgehead atoms. The van der Waals surface area contributed by atoms with Crippen LogP contribution in [0.3, 0.4) is 0 Å². The zero-order chi connectivity index (χ0) is 16.8. The second-order valence-electron chi connectivity index (χ2n) is 8.59. The number of hydrogen-bond acceptors (Lipinski definition) is 3. The van der Waals surface area contributed by atoms with Gasteiger partial charge in [0.05, 0.1) is 17.8 Å². The molecule has 0 aromatic rings. The third-order valence-corrected chi connectivity index (χ3v) is 10.5. The van der Waals surface area contributed by atoms with Gasteiger partial charge in [0.2, 0.25) is 0 Å². The highest BCUT2D eigenvalue weighted by atomic mass is 28.4. The van der Waals surface area contributed by atoms with Crippen molar-refractivity contribution in [2.24, 2.45) is 5.41 Å². The molecule has 3 nitrogen and oxygen atoms in total. The quantitative estimate of drug-likeness (QED) is 0.549. The summed E-state index contributed by atoms with van der Waals surface area (Å²) in [6.07, 6.45) is 6.51. The van der Waals surface area contributed by atoms with Gasteiger partial charge in [-0.25, -0.2) is 4.79 Å². The Hall–Kier alpha value is -0.613. The highest BCUT2D eigenvalue weighted by Gasteiger charge is 2.63. The van der Waals surface area contributed by atoms with E-state index >= 15 is 0 Å². The highest BCUT2D eigenvalue weighted by molar-refractivity contribution is 6.74. The van der Waals surface area contributed by atoms with Crippen LogP contribution in [0.15, 0.2) is 11.6 Å². The van der Waals surface area contributed by atoms with Crippen LogP contribution in [0, 0.1) is 5.41 Å². The van der Waals surface area contributed by atoms with Gasteiger partial charge in [-0.1, -0.05) is 46.6 Å². The van der Waals surface area contributed by atoms with Crippen LogP contribution in [0.5, 0.6) is 0 Å². The number of esters is 1. The zero-order valence-corrected chi connectivity index (χ0v) is 16.3. The van der Waals surface area contributed by atoms with E-state index in [1.165, 1.54) is 6.42 Å². The molecule has 0 unspecified atom stereocenters. The minimum atomic E-state index is -1.96. The van der Waals surface area contributed by atoms with Crippen LogP contribution in [0.25, 0.3) is 0 Å². The van der Waals surface area contributed by atoms with Crippen LogP contribution in [-0.4, -0.2) is 26.5 Å². The summed E-state index contributed by atoms with van der Waals surface area (Å²) in [4.78, 5) is 12.4. The maximum atomic E-state index is 12.4. The first kappa shape index (κ1) is 17.7. The van der Waals surface area contributed by atoms with E-state index < -0.39 is 13.9 Å². The molecule has 0 radical (unpaired) electrons. The molecular formula is C18H32O3Si. The normalized spacial score (nSPS) is 31.9. The van der Waals surface area contributed by atoms with Crippen LogP contribution in [0.2, 0.25) is 18.1 Å². The monoisotopic (exact) mass is 324 g/mol. The van der Waals surface area contributed by atoms with Crippen LogP contribution in [-0.2, 0) is 14.0 Å². The number of ether oxygens (including phenoxy) is 1. The summed E-state index contributed by atoms with van der Waals surface area (Å²) in [5.74, 6) is -0.180. The van der Waals surface area contributed by atoms with Crippen LogP contribution < -0.4 is 0 Å². The molecule has 1 saturated carbocycles. The summed E-state index contributed by atoms with van der Waals surface area (Å²) >= 11 is 0. The van der Waals surface area contributed by atoms with E-state index in [1.807, 2.05) is 6.92 Å². The van der Waals surface area contributed by atoms with E-state index in [1.54, 1.807) is 0 Å². The van der Waals surface area contributed by atoms with Crippen molar-refractivity contribution in [3.8, 4) is 0 Å². The van der Waals surface area contributed by atoms with Gasteiger partial charge in [-0.05, 0) is 37.9 Å². The first-order valence-corrected chi connectivity index (χ1v) is 11.5. The molecular weight excluding hydrogens is 292 g/mol. The zero-order valence-electron chi connectivity index (χ0n) is 15.3. The van der Waals surface area contributed by atoms with Crippen LogP contribution >= 0.6 is 0 Å². The molecule has 4 heteroatoms. The number of carbonyl (C=O) groups is 1. The standard InChI is InChI=1S/C18H32O3Si/c1-8-20-15(19)14-13-17(5)11-9-10-12-18(14,17)21-22(6,7)16(2,3)4/h13H,8-12H2,1-7H3/t17-,18+/m0/s1. The van der Waals surface area contributed by atoms with Gasteiger partial charge in [0, 0.05) is 5.41 Å². The fraction of sp³-hybridized carbons (Fsp3) is 0.833. The molecule has 2 atom stereocenters. The van der Waals surface area contributed by atoms with Gasteiger partial charge in [0.25, 0.3) is 0 Å². The molecule has 0 heterocycles. The molecule has 126 valence electrons. The minimum Gasteiger partial charge on any atom is -0.463 e. The van der Waals surface area contributed by atoms with Crippen LogP contribution in [0.1, 0.15) is 60.3 Å². The highest BCUT2D eigenvalue weighted by Crippen LogP contribution is 2.61. The fourth-order valence-corrected chi connectivity index (χ4v) is 5.21. The predicted molar refractivity (Wildman–Crippen MR) is 92.3 cm³/mol. The molecule has 0 spiro atoms. The Morgan fingerprint density at radius 3 is 2.36 bits per heavy atom. The van der Waals surface area contributed by atoms with Gasteiger partial charge in [0.15, 0.2) is 8.32 Å². The molecule has 22 heavy (non-hydrogen) atoms. The minimum absolute atomic E-state index is 0.0110. The van der Waals surface area contributed by atoms with Crippen molar-refractivity contribution in [1.29, 1.82) is 0 Å². The molecule has 2 rings (SSSR count). The molecule has 0 N–H and O–H groups in total. The lowest BCUT2D eigenvalue weighted by Gasteiger charge is -2.61. The summed E-state index contributed by atoms with van der Waals surface area (Å²) < 4.78 is 12.2. The lowest BCUT2D eigenvalue weighted by Crippen LogP contribution is -2.64. The van der Waals surface area contributed by atoms with Crippen molar-refractivity contribution < 1.29 is 14.0 Å². The van der Waals surface area contributed by atoms with Crippen molar-refractivity contribution >= 4 is 14.3 Å². The first-order valence-electron chi connectivity index (χ1n) is 8.60.